The topological polar surface area (TPSA) is 83.5 Å². The third-order valence-electron chi connectivity index (χ3n) is 4.31. The Morgan fingerprint density at radius 2 is 2.04 bits per heavy atom. The fourth-order valence-corrected chi connectivity index (χ4v) is 3.39. The van der Waals surface area contributed by atoms with Crippen molar-refractivity contribution >= 4 is 22.5 Å². The Hall–Kier alpha value is -1.96. The van der Waals surface area contributed by atoms with Crippen LogP contribution in [0.3, 0.4) is 0 Å². The first-order chi connectivity index (χ1) is 11.7. The minimum atomic E-state index is -0.303. The van der Waals surface area contributed by atoms with E-state index in [2.05, 4.69) is 15.6 Å². The summed E-state index contributed by atoms with van der Waals surface area (Å²) in [6.07, 6.45) is 1.50. The molecule has 2 heterocycles. The van der Waals surface area contributed by atoms with Gasteiger partial charge in [0.2, 0.25) is 0 Å². The SMILES string of the molecule is O=C(NCC1(CO)CCOCC1)Nc1nc(-c2ccccc2)cs1. The lowest BCUT2D eigenvalue weighted by Crippen LogP contribution is -2.44. The third kappa shape index (κ3) is 4.11. The van der Waals surface area contributed by atoms with Gasteiger partial charge in [0.25, 0.3) is 0 Å². The molecule has 0 bridgehead atoms. The van der Waals surface area contributed by atoms with Crippen LogP contribution in [-0.2, 0) is 4.74 Å². The van der Waals surface area contributed by atoms with Crippen LogP contribution in [0, 0.1) is 5.41 Å². The van der Waals surface area contributed by atoms with Crippen molar-refractivity contribution in [2.24, 2.45) is 5.41 Å². The summed E-state index contributed by atoms with van der Waals surface area (Å²) < 4.78 is 5.33. The van der Waals surface area contributed by atoms with Crippen LogP contribution < -0.4 is 10.6 Å². The number of aliphatic hydroxyl groups excluding tert-OH is 1. The average Bonchev–Trinajstić information content (AvgIpc) is 3.10. The number of benzene rings is 1. The van der Waals surface area contributed by atoms with Crippen molar-refractivity contribution in [3.8, 4) is 11.3 Å². The Morgan fingerprint density at radius 3 is 2.75 bits per heavy atom. The first-order valence-corrected chi connectivity index (χ1v) is 8.83. The number of thiazole rings is 1. The molecule has 2 aromatic rings. The molecule has 1 saturated heterocycles. The highest BCUT2D eigenvalue weighted by Crippen LogP contribution is 2.29. The first-order valence-electron chi connectivity index (χ1n) is 7.95. The maximum atomic E-state index is 12.1. The fourth-order valence-electron chi connectivity index (χ4n) is 2.68. The Morgan fingerprint density at radius 1 is 1.29 bits per heavy atom. The van der Waals surface area contributed by atoms with Crippen LogP contribution in [0.25, 0.3) is 11.3 Å². The molecule has 6 nitrogen and oxygen atoms in total. The van der Waals surface area contributed by atoms with E-state index in [0.717, 1.165) is 24.1 Å². The van der Waals surface area contributed by atoms with E-state index < -0.39 is 0 Å². The van der Waals surface area contributed by atoms with Crippen molar-refractivity contribution in [1.82, 2.24) is 10.3 Å². The Kier molecular flexibility index (Phi) is 5.44. The van der Waals surface area contributed by atoms with Crippen molar-refractivity contribution < 1.29 is 14.6 Å². The van der Waals surface area contributed by atoms with Crippen LogP contribution in [0.15, 0.2) is 35.7 Å². The zero-order chi connectivity index (χ0) is 16.8. The normalized spacial score (nSPS) is 16.5. The number of ether oxygens (including phenoxy) is 1. The molecule has 2 amide bonds. The van der Waals surface area contributed by atoms with Crippen LogP contribution in [-0.4, -0.2) is 42.5 Å². The van der Waals surface area contributed by atoms with Crippen molar-refractivity contribution in [1.29, 1.82) is 0 Å². The summed E-state index contributed by atoms with van der Waals surface area (Å²) >= 11 is 1.39. The van der Waals surface area contributed by atoms with Crippen molar-refractivity contribution in [3.63, 3.8) is 0 Å². The molecule has 128 valence electrons. The highest BCUT2D eigenvalue weighted by molar-refractivity contribution is 7.14. The summed E-state index contributed by atoms with van der Waals surface area (Å²) in [5.41, 5.74) is 1.57. The number of hydrogen-bond acceptors (Lipinski definition) is 5. The number of carbonyl (C=O) groups is 1. The number of hydrogen-bond donors (Lipinski definition) is 3. The summed E-state index contributed by atoms with van der Waals surface area (Å²) in [6, 6.07) is 9.52. The van der Waals surface area contributed by atoms with Gasteiger partial charge in [0.05, 0.1) is 12.3 Å². The zero-order valence-corrected chi connectivity index (χ0v) is 14.1. The Labute approximate surface area is 144 Å². The monoisotopic (exact) mass is 347 g/mol. The highest BCUT2D eigenvalue weighted by atomic mass is 32.1. The van der Waals surface area contributed by atoms with Crippen LogP contribution in [0.4, 0.5) is 9.93 Å². The summed E-state index contributed by atoms with van der Waals surface area (Å²) in [4.78, 5) is 16.5. The molecular weight excluding hydrogens is 326 g/mol. The van der Waals surface area contributed by atoms with Gasteiger partial charge in [0, 0.05) is 36.1 Å². The number of nitrogens with one attached hydrogen (secondary N) is 2. The number of amides is 2. The summed E-state index contributed by atoms with van der Waals surface area (Å²) in [5, 5.41) is 17.7. The van der Waals surface area contributed by atoms with Gasteiger partial charge in [-0.1, -0.05) is 30.3 Å². The second-order valence-electron chi connectivity index (χ2n) is 5.98. The van der Waals surface area contributed by atoms with Gasteiger partial charge < -0.3 is 15.2 Å². The molecule has 1 aliphatic heterocycles. The van der Waals surface area contributed by atoms with Crippen LogP contribution in [0.2, 0.25) is 0 Å². The molecule has 24 heavy (non-hydrogen) atoms. The lowest BCUT2D eigenvalue weighted by Gasteiger charge is -2.35. The molecule has 1 aromatic carbocycles. The molecule has 0 saturated carbocycles. The van der Waals surface area contributed by atoms with Gasteiger partial charge in [-0.25, -0.2) is 9.78 Å². The largest absolute Gasteiger partial charge is 0.396 e. The van der Waals surface area contributed by atoms with E-state index in [1.54, 1.807) is 0 Å². The van der Waals surface area contributed by atoms with E-state index in [1.165, 1.54) is 11.3 Å². The summed E-state index contributed by atoms with van der Waals surface area (Å²) in [5.74, 6) is 0. The minimum absolute atomic E-state index is 0.0477. The lowest BCUT2D eigenvalue weighted by molar-refractivity contribution is -0.0136. The van der Waals surface area contributed by atoms with E-state index in [1.807, 2.05) is 35.7 Å². The van der Waals surface area contributed by atoms with Crippen LogP contribution >= 0.6 is 11.3 Å². The van der Waals surface area contributed by atoms with Gasteiger partial charge in [0.15, 0.2) is 5.13 Å². The highest BCUT2D eigenvalue weighted by Gasteiger charge is 2.32. The Bertz CT molecular complexity index is 669. The van der Waals surface area contributed by atoms with Gasteiger partial charge in [0.1, 0.15) is 0 Å². The quantitative estimate of drug-likeness (QED) is 0.776. The second kappa shape index (κ2) is 7.74. The van der Waals surface area contributed by atoms with Gasteiger partial charge in [-0.05, 0) is 12.8 Å². The molecule has 0 spiro atoms. The predicted molar refractivity (Wildman–Crippen MR) is 94.1 cm³/mol. The molecule has 1 aliphatic rings. The van der Waals surface area contributed by atoms with Crippen LogP contribution in [0.1, 0.15) is 12.8 Å². The maximum absolute atomic E-state index is 12.1. The molecule has 3 rings (SSSR count). The molecule has 0 radical (unpaired) electrons. The average molecular weight is 347 g/mol. The van der Waals surface area contributed by atoms with Crippen molar-refractivity contribution in [2.45, 2.75) is 12.8 Å². The fraction of sp³-hybridized carbons (Fsp3) is 0.412. The van der Waals surface area contributed by atoms with Gasteiger partial charge in [-0.15, -0.1) is 11.3 Å². The molecule has 0 unspecified atom stereocenters. The molecule has 1 fully saturated rings. The molecule has 1 aromatic heterocycles. The molecule has 0 aliphatic carbocycles. The summed E-state index contributed by atoms with van der Waals surface area (Å²) in [6.45, 7) is 1.72. The van der Waals surface area contributed by atoms with Gasteiger partial charge in [-0.3, -0.25) is 5.32 Å². The molecular formula is C17H21N3O3S. The van der Waals surface area contributed by atoms with Gasteiger partial charge in [-0.2, -0.15) is 0 Å². The minimum Gasteiger partial charge on any atom is -0.396 e. The number of anilines is 1. The number of aromatic nitrogens is 1. The second-order valence-corrected chi connectivity index (χ2v) is 6.84. The predicted octanol–water partition coefficient (Wildman–Crippen LogP) is 2.72. The maximum Gasteiger partial charge on any atom is 0.321 e. The third-order valence-corrected chi connectivity index (χ3v) is 5.06. The molecule has 7 heteroatoms. The van der Waals surface area contributed by atoms with E-state index >= 15 is 0 Å². The standard InChI is InChI=1S/C17H21N3O3S/c21-12-17(6-8-23-9-7-17)11-18-15(22)20-16-19-14(10-24-16)13-4-2-1-3-5-13/h1-5,10,21H,6-9,11-12H2,(H2,18,19,20,22). The summed E-state index contributed by atoms with van der Waals surface area (Å²) in [7, 11) is 0. The Balaban J connectivity index is 1.54. The number of rotatable bonds is 5. The smallest absolute Gasteiger partial charge is 0.321 e. The molecule has 0 atom stereocenters. The van der Waals surface area contributed by atoms with Crippen molar-refractivity contribution in [3.05, 3.63) is 35.7 Å². The van der Waals surface area contributed by atoms with E-state index in [9.17, 15) is 9.90 Å². The van der Waals surface area contributed by atoms with Gasteiger partial charge >= 0.3 is 6.03 Å². The van der Waals surface area contributed by atoms with E-state index in [-0.39, 0.29) is 18.1 Å². The van der Waals surface area contributed by atoms with Crippen LogP contribution in [0.5, 0.6) is 0 Å². The molecule has 3 N–H and O–H groups in total. The number of urea groups is 1. The first kappa shape index (κ1) is 16.9. The van der Waals surface area contributed by atoms with Crippen molar-refractivity contribution in [2.75, 3.05) is 31.7 Å². The number of aliphatic hydroxyl groups is 1. The number of nitrogens with zero attached hydrogens (tertiary/aromatic N) is 1. The zero-order valence-electron chi connectivity index (χ0n) is 13.3. The van der Waals surface area contributed by atoms with E-state index in [4.69, 9.17) is 4.74 Å². The van der Waals surface area contributed by atoms with E-state index in [0.29, 0.717) is 24.9 Å². The lowest BCUT2D eigenvalue weighted by atomic mass is 9.81. The number of carbonyl (C=O) groups excluding carboxylic acids is 1.